The van der Waals surface area contributed by atoms with E-state index in [9.17, 15) is 4.79 Å². The number of hydrogen-bond acceptors (Lipinski definition) is 7. The Labute approximate surface area is 176 Å². The molecule has 29 heavy (non-hydrogen) atoms. The smallest absolute Gasteiger partial charge is 0.259 e. The Morgan fingerprint density at radius 2 is 2.00 bits per heavy atom. The summed E-state index contributed by atoms with van der Waals surface area (Å²) in [6, 6.07) is 3.71. The molecule has 2 saturated heterocycles. The molecule has 0 aromatic carbocycles. The molecular weight excluding hydrogens is 386 g/mol. The lowest BCUT2D eigenvalue weighted by molar-refractivity contribution is 0.102. The first kappa shape index (κ1) is 20.3. The Balaban J connectivity index is 1.33. The third kappa shape index (κ3) is 5.32. The Morgan fingerprint density at radius 3 is 2.69 bits per heavy atom. The molecular formula is C21H29N5O2S. The quantitative estimate of drug-likeness (QED) is 0.809. The minimum atomic E-state index is -0.174. The SMILES string of the molecule is C[C@H]1C[C@H](C)CN(Cc2csc(NC(=O)c3ccc(N4CCOCC4)nc3)n2)C1. The Morgan fingerprint density at radius 1 is 1.24 bits per heavy atom. The number of carbonyl (C=O) groups is 1. The molecule has 0 aliphatic carbocycles. The highest BCUT2D eigenvalue weighted by atomic mass is 32.1. The molecule has 2 aromatic heterocycles. The van der Waals surface area contributed by atoms with Crippen molar-refractivity contribution in [3.8, 4) is 0 Å². The fraction of sp³-hybridized carbons (Fsp3) is 0.571. The number of pyridine rings is 1. The zero-order valence-electron chi connectivity index (χ0n) is 17.1. The van der Waals surface area contributed by atoms with Gasteiger partial charge >= 0.3 is 0 Å². The lowest BCUT2D eigenvalue weighted by atomic mass is 9.92. The van der Waals surface area contributed by atoms with Crippen molar-refractivity contribution in [1.82, 2.24) is 14.9 Å². The number of piperidine rings is 1. The van der Waals surface area contributed by atoms with E-state index in [1.807, 2.05) is 17.5 Å². The Bertz CT molecular complexity index is 809. The summed E-state index contributed by atoms with van der Waals surface area (Å²) in [7, 11) is 0. The molecule has 156 valence electrons. The zero-order valence-corrected chi connectivity index (χ0v) is 18.0. The summed E-state index contributed by atoms with van der Waals surface area (Å²) in [6.07, 6.45) is 2.93. The van der Waals surface area contributed by atoms with Gasteiger partial charge in [0.2, 0.25) is 0 Å². The lowest BCUT2D eigenvalue weighted by Crippen LogP contribution is -2.38. The average Bonchev–Trinajstić information content (AvgIpc) is 3.14. The number of morpholine rings is 1. The van der Waals surface area contributed by atoms with Gasteiger partial charge in [0.1, 0.15) is 5.82 Å². The van der Waals surface area contributed by atoms with Crippen LogP contribution in [0.3, 0.4) is 0 Å². The second-order valence-electron chi connectivity index (χ2n) is 8.24. The first-order valence-electron chi connectivity index (χ1n) is 10.3. The van der Waals surface area contributed by atoms with Gasteiger partial charge in [0, 0.05) is 44.3 Å². The van der Waals surface area contributed by atoms with Crippen molar-refractivity contribution < 1.29 is 9.53 Å². The summed E-state index contributed by atoms with van der Waals surface area (Å²) in [5.74, 6) is 2.16. The van der Waals surface area contributed by atoms with Crippen molar-refractivity contribution in [2.45, 2.75) is 26.8 Å². The summed E-state index contributed by atoms with van der Waals surface area (Å²) < 4.78 is 5.37. The van der Waals surface area contributed by atoms with Crippen LogP contribution in [0.15, 0.2) is 23.7 Å². The molecule has 0 radical (unpaired) electrons. The molecule has 2 aliphatic rings. The summed E-state index contributed by atoms with van der Waals surface area (Å²) in [6.45, 7) is 10.8. The van der Waals surface area contributed by atoms with Crippen LogP contribution >= 0.6 is 11.3 Å². The van der Waals surface area contributed by atoms with E-state index >= 15 is 0 Å². The molecule has 2 atom stereocenters. The molecule has 0 bridgehead atoms. The second-order valence-corrected chi connectivity index (χ2v) is 9.10. The fourth-order valence-electron chi connectivity index (χ4n) is 4.26. The van der Waals surface area contributed by atoms with E-state index in [-0.39, 0.29) is 5.91 Å². The number of anilines is 2. The Kier molecular flexibility index (Phi) is 6.42. The number of rotatable bonds is 5. The van der Waals surface area contributed by atoms with Crippen molar-refractivity contribution in [2.24, 2.45) is 11.8 Å². The van der Waals surface area contributed by atoms with Gasteiger partial charge in [0.25, 0.3) is 5.91 Å². The van der Waals surface area contributed by atoms with Crippen LogP contribution in [0.4, 0.5) is 10.9 Å². The van der Waals surface area contributed by atoms with Gasteiger partial charge in [0.05, 0.1) is 24.5 Å². The number of hydrogen-bond donors (Lipinski definition) is 1. The molecule has 4 heterocycles. The summed E-state index contributed by atoms with van der Waals surface area (Å²) in [5.41, 5.74) is 1.56. The van der Waals surface area contributed by atoms with E-state index in [0.29, 0.717) is 23.9 Å². The van der Waals surface area contributed by atoms with E-state index in [1.165, 1.54) is 17.8 Å². The van der Waals surface area contributed by atoms with E-state index in [1.54, 1.807) is 6.20 Å². The van der Waals surface area contributed by atoms with Crippen LogP contribution in [0, 0.1) is 11.8 Å². The predicted molar refractivity (Wildman–Crippen MR) is 116 cm³/mol. The van der Waals surface area contributed by atoms with Crippen molar-refractivity contribution in [3.05, 3.63) is 35.0 Å². The molecule has 0 saturated carbocycles. The van der Waals surface area contributed by atoms with Gasteiger partial charge < -0.3 is 9.64 Å². The van der Waals surface area contributed by atoms with Gasteiger partial charge in [-0.15, -0.1) is 11.3 Å². The van der Waals surface area contributed by atoms with Crippen molar-refractivity contribution >= 4 is 28.2 Å². The van der Waals surface area contributed by atoms with Crippen LogP contribution in [0.25, 0.3) is 0 Å². The second kappa shape index (κ2) is 9.19. The number of nitrogens with one attached hydrogen (secondary N) is 1. The van der Waals surface area contributed by atoms with Crippen LogP contribution in [-0.4, -0.2) is 60.2 Å². The maximum Gasteiger partial charge on any atom is 0.259 e. The maximum absolute atomic E-state index is 12.6. The third-order valence-electron chi connectivity index (χ3n) is 5.45. The molecule has 0 unspecified atom stereocenters. The highest BCUT2D eigenvalue weighted by molar-refractivity contribution is 7.13. The number of nitrogens with zero attached hydrogens (tertiary/aromatic N) is 4. The first-order chi connectivity index (χ1) is 14.1. The van der Waals surface area contributed by atoms with Crippen molar-refractivity contribution in [3.63, 3.8) is 0 Å². The number of amides is 1. The van der Waals surface area contributed by atoms with Gasteiger partial charge in [-0.3, -0.25) is 15.0 Å². The largest absolute Gasteiger partial charge is 0.378 e. The summed E-state index contributed by atoms with van der Waals surface area (Å²) in [4.78, 5) is 26.3. The van der Waals surface area contributed by atoms with Crippen LogP contribution in [0.2, 0.25) is 0 Å². The summed E-state index contributed by atoms with van der Waals surface area (Å²) >= 11 is 1.48. The molecule has 0 spiro atoms. The number of thiazole rings is 1. The molecule has 1 N–H and O–H groups in total. The van der Waals surface area contributed by atoms with Gasteiger partial charge in [0.15, 0.2) is 5.13 Å². The van der Waals surface area contributed by atoms with E-state index in [2.05, 4.69) is 38.9 Å². The third-order valence-corrected chi connectivity index (χ3v) is 6.25. The highest BCUT2D eigenvalue weighted by Crippen LogP contribution is 2.24. The van der Waals surface area contributed by atoms with E-state index in [0.717, 1.165) is 56.1 Å². The molecule has 1 amide bonds. The number of carbonyl (C=O) groups excluding carboxylic acids is 1. The van der Waals surface area contributed by atoms with Crippen LogP contribution in [0.5, 0.6) is 0 Å². The maximum atomic E-state index is 12.6. The standard InChI is InChI=1S/C21H29N5O2S/c1-15-9-16(2)12-25(11-15)13-18-14-29-21(23-18)24-20(27)17-3-4-19(22-10-17)26-5-7-28-8-6-26/h3-4,10,14-16H,5-9,11-13H2,1-2H3,(H,23,24,27)/t15-,16-/m0/s1. The van der Waals surface area contributed by atoms with Gasteiger partial charge in [-0.25, -0.2) is 9.97 Å². The Hall–Kier alpha value is -2.03. The summed E-state index contributed by atoms with van der Waals surface area (Å²) in [5, 5.41) is 5.59. The molecule has 2 aliphatic heterocycles. The monoisotopic (exact) mass is 415 g/mol. The number of likely N-dealkylation sites (tertiary alicyclic amines) is 1. The topological polar surface area (TPSA) is 70.6 Å². The van der Waals surface area contributed by atoms with Gasteiger partial charge in [-0.2, -0.15) is 0 Å². The number of ether oxygens (including phenoxy) is 1. The lowest BCUT2D eigenvalue weighted by Gasteiger charge is -2.34. The van der Waals surface area contributed by atoms with Gasteiger partial charge in [-0.1, -0.05) is 13.8 Å². The predicted octanol–water partition coefficient (Wildman–Crippen LogP) is 3.10. The molecule has 7 nitrogen and oxygen atoms in total. The zero-order chi connectivity index (χ0) is 20.2. The molecule has 8 heteroatoms. The van der Waals surface area contributed by atoms with Crippen molar-refractivity contribution in [1.29, 1.82) is 0 Å². The molecule has 4 rings (SSSR count). The normalized spacial score (nSPS) is 23.2. The van der Waals surface area contributed by atoms with Crippen LogP contribution < -0.4 is 10.2 Å². The fourth-order valence-corrected chi connectivity index (χ4v) is 4.95. The van der Waals surface area contributed by atoms with Crippen molar-refractivity contribution in [2.75, 3.05) is 49.6 Å². The minimum Gasteiger partial charge on any atom is -0.378 e. The highest BCUT2D eigenvalue weighted by Gasteiger charge is 2.22. The van der Waals surface area contributed by atoms with E-state index in [4.69, 9.17) is 4.74 Å². The minimum absolute atomic E-state index is 0.174. The van der Waals surface area contributed by atoms with E-state index < -0.39 is 0 Å². The molecule has 2 aromatic rings. The van der Waals surface area contributed by atoms with Crippen LogP contribution in [0.1, 0.15) is 36.3 Å². The van der Waals surface area contributed by atoms with Crippen LogP contribution in [-0.2, 0) is 11.3 Å². The van der Waals surface area contributed by atoms with Gasteiger partial charge in [-0.05, 0) is 30.4 Å². The number of aromatic nitrogens is 2. The average molecular weight is 416 g/mol. The first-order valence-corrected chi connectivity index (χ1v) is 11.2. The molecule has 2 fully saturated rings.